The van der Waals surface area contributed by atoms with Crippen molar-refractivity contribution in [1.82, 2.24) is 9.13 Å². The van der Waals surface area contributed by atoms with Crippen LogP contribution >= 0.6 is 0 Å². The first-order valence-electron chi connectivity index (χ1n) is 8.60. The van der Waals surface area contributed by atoms with Crippen LogP contribution in [0.15, 0.2) is 48.7 Å². The van der Waals surface area contributed by atoms with E-state index in [1.54, 1.807) is 14.2 Å². The first-order chi connectivity index (χ1) is 13.0. The summed E-state index contributed by atoms with van der Waals surface area (Å²) in [5.74, 6) is 1.10. The number of amides is 1. The lowest BCUT2D eigenvalue weighted by Gasteiger charge is -2.09. The lowest BCUT2D eigenvalue weighted by atomic mass is 10.2. The lowest BCUT2D eigenvalue weighted by molar-refractivity contribution is 0.102. The summed E-state index contributed by atoms with van der Waals surface area (Å²) in [5.41, 5.74) is 3.32. The largest absolute Gasteiger partial charge is 0.493 e. The van der Waals surface area contributed by atoms with Crippen LogP contribution in [0, 0.1) is 0 Å². The highest BCUT2D eigenvalue weighted by Crippen LogP contribution is 2.33. The third kappa shape index (κ3) is 2.70. The number of ether oxygens (including phenoxy) is 2. The first kappa shape index (κ1) is 17.0. The summed E-state index contributed by atoms with van der Waals surface area (Å²) in [7, 11) is 7.05. The van der Waals surface area contributed by atoms with Gasteiger partial charge in [0.15, 0.2) is 11.5 Å². The maximum Gasteiger partial charge on any atom is 0.272 e. The summed E-state index contributed by atoms with van der Waals surface area (Å²) in [4.78, 5) is 13.0. The predicted molar refractivity (Wildman–Crippen MR) is 107 cm³/mol. The van der Waals surface area contributed by atoms with Gasteiger partial charge in [-0.25, -0.2) is 0 Å². The number of aromatic nitrogens is 2. The van der Waals surface area contributed by atoms with Gasteiger partial charge in [0.05, 0.1) is 25.4 Å². The molecule has 0 spiro atoms. The second-order valence-electron chi connectivity index (χ2n) is 6.47. The van der Waals surface area contributed by atoms with Gasteiger partial charge in [0.2, 0.25) is 0 Å². The average Bonchev–Trinajstić information content (AvgIpc) is 3.21. The summed E-state index contributed by atoms with van der Waals surface area (Å²) in [6, 6.07) is 13.5. The van der Waals surface area contributed by atoms with Crippen molar-refractivity contribution < 1.29 is 14.3 Å². The molecule has 0 aliphatic heterocycles. The van der Waals surface area contributed by atoms with Crippen LogP contribution in [0.1, 0.15) is 10.5 Å². The molecule has 0 bridgehead atoms. The molecular weight excluding hydrogens is 342 g/mol. The number of nitrogens with zero attached hydrogens (tertiary/aromatic N) is 2. The first-order valence-corrected chi connectivity index (χ1v) is 8.60. The number of aryl methyl sites for hydroxylation is 2. The normalized spacial score (nSPS) is 11.1. The van der Waals surface area contributed by atoms with Crippen LogP contribution < -0.4 is 14.8 Å². The van der Waals surface area contributed by atoms with Crippen LogP contribution in [0.2, 0.25) is 0 Å². The molecule has 6 nitrogen and oxygen atoms in total. The van der Waals surface area contributed by atoms with Crippen LogP contribution in [-0.2, 0) is 14.1 Å². The van der Waals surface area contributed by atoms with Crippen molar-refractivity contribution in [1.29, 1.82) is 0 Å². The van der Waals surface area contributed by atoms with E-state index in [1.807, 2.05) is 71.9 Å². The van der Waals surface area contributed by atoms with Crippen LogP contribution in [0.25, 0.3) is 21.8 Å². The van der Waals surface area contributed by atoms with Crippen molar-refractivity contribution in [3.63, 3.8) is 0 Å². The standard InChI is InChI=1S/C21H21N3O3/c1-23-9-8-14-15(6-5-7-16(14)23)22-21(25)18-10-13-11-19(26-3)20(27-4)12-17(13)24(18)2/h5-12H,1-4H3,(H,22,25). The van der Waals surface area contributed by atoms with Gasteiger partial charge in [-0.1, -0.05) is 6.07 Å². The minimum absolute atomic E-state index is 0.164. The van der Waals surface area contributed by atoms with Crippen molar-refractivity contribution in [2.75, 3.05) is 19.5 Å². The fourth-order valence-corrected chi connectivity index (χ4v) is 3.48. The highest BCUT2D eigenvalue weighted by atomic mass is 16.5. The molecular formula is C21H21N3O3. The Morgan fingerprint density at radius 3 is 2.44 bits per heavy atom. The van der Waals surface area contributed by atoms with Gasteiger partial charge in [-0.05, 0) is 30.3 Å². The average molecular weight is 363 g/mol. The van der Waals surface area contributed by atoms with E-state index in [9.17, 15) is 4.79 Å². The predicted octanol–water partition coefficient (Wildman–Crippen LogP) is 3.94. The minimum Gasteiger partial charge on any atom is -0.493 e. The zero-order chi connectivity index (χ0) is 19.1. The quantitative estimate of drug-likeness (QED) is 0.597. The molecule has 138 valence electrons. The Morgan fingerprint density at radius 2 is 1.70 bits per heavy atom. The Kier molecular flexibility index (Phi) is 4.03. The number of carbonyl (C=O) groups is 1. The molecule has 4 rings (SSSR count). The van der Waals surface area contributed by atoms with Crippen molar-refractivity contribution in [3.05, 3.63) is 54.4 Å². The summed E-state index contributed by atoms with van der Waals surface area (Å²) < 4.78 is 14.6. The minimum atomic E-state index is -0.164. The van der Waals surface area contributed by atoms with Gasteiger partial charge in [-0.3, -0.25) is 4.79 Å². The van der Waals surface area contributed by atoms with Gasteiger partial charge in [0, 0.05) is 42.6 Å². The van der Waals surface area contributed by atoms with Gasteiger partial charge < -0.3 is 23.9 Å². The lowest BCUT2D eigenvalue weighted by Crippen LogP contribution is -2.15. The molecule has 27 heavy (non-hydrogen) atoms. The fourth-order valence-electron chi connectivity index (χ4n) is 3.48. The smallest absolute Gasteiger partial charge is 0.272 e. The Balaban J connectivity index is 1.75. The zero-order valence-corrected chi connectivity index (χ0v) is 15.7. The molecule has 0 fully saturated rings. The van der Waals surface area contributed by atoms with E-state index >= 15 is 0 Å². The monoisotopic (exact) mass is 363 g/mol. The third-order valence-corrected chi connectivity index (χ3v) is 4.96. The SMILES string of the molecule is COc1cc2cc(C(=O)Nc3cccc4c3ccn4C)n(C)c2cc1OC. The van der Waals surface area contributed by atoms with Gasteiger partial charge >= 0.3 is 0 Å². The maximum atomic E-state index is 13.0. The van der Waals surface area contributed by atoms with Crippen LogP contribution in [0.5, 0.6) is 11.5 Å². The van der Waals surface area contributed by atoms with Gasteiger partial charge in [-0.15, -0.1) is 0 Å². The zero-order valence-electron chi connectivity index (χ0n) is 15.7. The van der Waals surface area contributed by atoms with E-state index in [2.05, 4.69) is 5.32 Å². The van der Waals surface area contributed by atoms with Gasteiger partial charge in [-0.2, -0.15) is 0 Å². The number of nitrogens with one attached hydrogen (secondary N) is 1. The fraction of sp³-hybridized carbons (Fsp3) is 0.190. The van der Waals surface area contributed by atoms with E-state index in [0.29, 0.717) is 17.2 Å². The van der Waals surface area contributed by atoms with Crippen LogP contribution in [-0.4, -0.2) is 29.3 Å². The molecule has 2 heterocycles. The second-order valence-corrected chi connectivity index (χ2v) is 6.47. The Hall–Kier alpha value is -3.41. The maximum absolute atomic E-state index is 13.0. The highest BCUT2D eigenvalue weighted by molar-refractivity contribution is 6.10. The molecule has 6 heteroatoms. The van der Waals surface area contributed by atoms with Crippen molar-refractivity contribution >= 4 is 33.4 Å². The number of fused-ring (bicyclic) bond motifs is 2. The van der Waals surface area contributed by atoms with Gasteiger partial charge in [0.1, 0.15) is 5.69 Å². The molecule has 0 saturated carbocycles. The summed E-state index contributed by atoms with van der Waals surface area (Å²) in [6.07, 6.45) is 1.98. The molecule has 4 aromatic rings. The molecule has 1 amide bonds. The summed E-state index contributed by atoms with van der Waals surface area (Å²) in [5, 5.41) is 4.96. The molecule has 0 saturated heterocycles. The molecule has 0 atom stereocenters. The number of anilines is 1. The van der Waals surface area contributed by atoms with Gasteiger partial charge in [0.25, 0.3) is 5.91 Å². The molecule has 0 aliphatic carbocycles. The Morgan fingerprint density at radius 1 is 0.963 bits per heavy atom. The number of methoxy groups -OCH3 is 2. The second kappa shape index (κ2) is 6.39. The molecule has 0 aliphatic rings. The molecule has 2 aromatic carbocycles. The number of rotatable bonds is 4. The molecule has 1 N–H and O–H groups in total. The van der Waals surface area contributed by atoms with E-state index in [-0.39, 0.29) is 5.91 Å². The summed E-state index contributed by atoms with van der Waals surface area (Å²) in [6.45, 7) is 0. The Bertz CT molecular complexity index is 1170. The van der Waals surface area contributed by atoms with Crippen molar-refractivity contribution in [2.45, 2.75) is 0 Å². The van der Waals surface area contributed by atoms with E-state index in [0.717, 1.165) is 27.5 Å². The molecule has 0 unspecified atom stereocenters. The third-order valence-electron chi connectivity index (χ3n) is 4.96. The van der Waals surface area contributed by atoms with E-state index in [4.69, 9.17) is 9.47 Å². The number of hydrogen-bond donors (Lipinski definition) is 1. The van der Waals surface area contributed by atoms with Crippen molar-refractivity contribution in [3.8, 4) is 11.5 Å². The topological polar surface area (TPSA) is 57.4 Å². The van der Waals surface area contributed by atoms with Crippen molar-refractivity contribution in [2.24, 2.45) is 14.1 Å². The summed E-state index contributed by atoms with van der Waals surface area (Å²) >= 11 is 0. The Labute approximate surface area is 156 Å². The number of hydrogen-bond acceptors (Lipinski definition) is 3. The van der Waals surface area contributed by atoms with E-state index in [1.165, 1.54) is 0 Å². The van der Waals surface area contributed by atoms with Crippen LogP contribution in [0.4, 0.5) is 5.69 Å². The number of benzene rings is 2. The molecule has 0 radical (unpaired) electrons. The molecule has 2 aromatic heterocycles. The van der Waals surface area contributed by atoms with Crippen LogP contribution in [0.3, 0.4) is 0 Å². The highest BCUT2D eigenvalue weighted by Gasteiger charge is 2.17. The number of carbonyl (C=O) groups excluding carboxylic acids is 1. The van der Waals surface area contributed by atoms with E-state index < -0.39 is 0 Å².